The summed E-state index contributed by atoms with van der Waals surface area (Å²) < 4.78 is 32.2. The number of amides is 1. The van der Waals surface area contributed by atoms with Crippen molar-refractivity contribution in [1.82, 2.24) is 9.88 Å². The highest BCUT2D eigenvalue weighted by molar-refractivity contribution is 7.16. The smallest absolute Gasteiger partial charge is 0.265 e. The Bertz CT molecular complexity index is 827. The molecule has 0 saturated heterocycles. The Balaban J connectivity index is 1.48. The Morgan fingerprint density at radius 3 is 2.88 bits per heavy atom. The zero-order chi connectivity index (χ0) is 18.3. The molecule has 7 heteroatoms. The summed E-state index contributed by atoms with van der Waals surface area (Å²) in [4.78, 5) is 19.3. The minimum absolute atomic E-state index is 0.134. The van der Waals surface area contributed by atoms with Gasteiger partial charge < -0.3 is 9.64 Å². The molecule has 1 aromatic carbocycles. The fourth-order valence-corrected chi connectivity index (χ4v) is 4.47. The van der Waals surface area contributed by atoms with Gasteiger partial charge in [0.1, 0.15) is 15.6 Å². The van der Waals surface area contributed by atoms with Crippen LogP contribution in [0.1, 0.15) is 40.9 Å². The molecule has 1 fully saturated rings. The first kappa shape index (κ1) is 17.4. The summed E-state index contributed by atoms with van der Waals surface area (Å²) in [6.45, 7) is 0.700. The highest BCUT2D eigenvalue weighted by Crippen LogP contribution is 2.36. The Morgan fingerprint density at radius 1 is 1.35 bits per heavy atom. The molecule has 0 unspecified atom stereocenters. The van der Waals surface area contributed by atoms with E-state index in [1.807, 2.05) is 12.1 Å². The van der Waals surface area contributed by atoms with Crippen LogP contribution >= 0.6 is 11.3 Å². The number of benzene rings is 1. The number of thiazole rings is 1. The predicted molar refractivity (Wildman–Crippen MR) is 96.0 cm³/mol. The first-order valence-corrected chi connectivity index (χ1v) is 9.61. The van der Waals surface area contributed by atoms with Crippen LogP contribution in [0.15, 0.2) is 24.4 Å². The van der Waals surface area contributed by atoms with E-state index in [-0.39, 0.29) is 24.8 Å². The van der Waals surface area contributed by atoms with Crippen LogP contribution in [-0.4, -0.2) is 41.4 Å². The monoisotopic (exact) mass is 378 g/mol. The molecule has 2 heterocycles. The van der Waals surface area contributed by atoms with Gasteiger partial charge >= 0.3 is 0 Å². The zero-order valence-corrected chi connectivity index (χ0v) is 15.3. The van der Waals surface area contributed by atoms with Crippen molar-refractivity contribution >= 4 is 17.2 Å². The molecule has 0 atom stereocenters. The molecule has 1 saturated carbocycles. The van der Waals surface area contributed by atoms with Crippen LogP contribution < -0.4 is 4.74 Å². The van der Waals surface area contributed by atoms with Crippen molar-refractivity contribution in [2.24, 2.45) is 0 Å². The number of carbonyl (C=O) groups is 1. The lowest BCUT2D eigenvalue weighted by molar-refractivity contribution is -0.0490. The number of rotatable bonds is 3. The molecule has 0 bridgehead atoms. The van der Waals surface area contributed by atoms with E-state index in [4.69, 9.17) is 4.74 Å². The second-order valence-electron chi connectivity index (χ2n) is 6.95. The SMILES string of the molecule is CN(C(=O)c1cnc(-c2ccc3c(c2)CCO3)s1)C1CCC(F)(F)CC1. The van der Waals surface area contributed by atoms with Gasteiger partial charge in [0, 0.05) is 37.9 Å². The number of ether oxygens (including phenoxy) is 1. The maximum absolute atomic E-state index is 13.3. The number of hydrogen-bond donors (Lipinski definition) is 0. The van der Waals surface area contributed by atoms with Crippen LogP contribution in [0.25, 0.3) is 10.6 Å². The second-order valence-corrected chi connectivity index (χ2v) is 7.98. The molecular weight excluding hydrogens is 358 g/mol. The van der Waals surface area contributed by atoms with Crippen molar-refractivity contribution in [3.05, 3.63) is 34.8 Å². The molecule has 1 amide bonds. The molecule has 1 aromatic heterocycles. The maximum atomic E-state index is 13.3. The van der Waals surface area contributed by atoms with Gasteiger partial charge in [-0.2, -0.15) is 0 Å². The molecule has 4 rings (SSSR count). The van der Waals surface area contributed by atoms with Gasteiger partial charge in [-0.3, -0.25) is 4.79 Å². The minimum Gasteiger partial charge on any atom is -0.493 e. The van der Waals surface area contributed by atoms with E-state index in [1.54, 1.807) is 18.1 Å². The van der Waals surface area contributed by atoms with Crippen molar-refractivity contribution in [1.29, 1.82) is 0 Å². The lowest BCUT2D eigenvalue weighted by Crippen LogP contribution is -2.41. The second kappa shape index (κ2) is 6.61. The molecule has 0 N–H and O–H groups in total. The van der Waals surface area contributed by atoms with Crippen molar-refractivity contribution in [3.63, 3.8) is 0 Å². The van der Waals surface area contributed by atoms with E-state index in [2.05, 4.69) is 11.1 Å². The molecule has 2 aromatic rings. The van der Waals surface area contributed by atoms with Gasteiger partial charge in [-0.15, -0.1) is 11.3 Å². The standard InChI is InChI=1S/C19H20F2N2O2S/c1-23(14-4-7-19(20,21)8-5-14)18(24)16-11-22-17(26-16)13-2-3-15-12(10-13)6-9-25-15/h2-3,10-11,14H,4-9H2,1H3. The topological polar surface area (TPSA) is 42.4 Å². The number of fused-ring (bicyclic) bond motifs is 1. The molecule has 26 heavy (non-hydrogen) atoms. The lowest BCUT2D eigenvalue weighted by atomic mass is 9.91. The number of halogens is 2. The van der Waals surface area contributed by atoms with Crippen LogP contribution in [0.5, 0.6) is 5.75 Å². The van der Waals surface area contributed by atoms with Crippen molar-refractivity contribution in [2.75, 3.05) is 13.7 Å². The molecule has 4 nitrogen and oxygen atoms in total. The summed E-state index contributed by atoms with van der Waals surface area (Å²) in [5, 5.41) is 0.784. The number of carbonyl (C=O) groups excluding carboxylic acids is 1. The molecule has 2 aliphatic rings. The van der Waals surface area contributed by atoms with Gasteiger partial charge in [0.2, 0.25) is 5.92 Å². The molecule has 0 spiro atoms. The van der Waals surface area contributed by atoms with E-state index in [0.717, 1.165) is 28.3 Å². The van der Waals surface area contributed by atoms with E-state index in [0.29, 0.717) is 24.3 Å². The van der Waals surface area contributed by atoms with Crippen molar-refractivity contribution in [2.45, 2.75) is 44.1 Å². The summed E-state index contributed by atoms with van der Waals surface area (Å²) in [5.74, 6) is -1.82. The quantitative estimate of drug-likeness (QED) is 0.795. The maximum Gasteiger partial charge on any atom is 0.265 e. The molecule has 138 valence electrons. The van der Waals surface area contributed by atoms with Gasteiger partial charge in [-0.25, -0.2) is 13.8 Å². The Morgan fingerprint density at radius 2 is 2.12 bits per heavy atom. The van der Waals surface area contributed by atoms with Crippen LogP contribution in [-0.2, 0) is 6.42 Å². The molecule has 1 aliphatic carbocycles. The van der Waals surface area contributed by atoms with Gasteiger partial charge in [0.05, 0.1) is 12.8 Å². The van der Waals surface area contributed by atoms with Crippen molar-refractivity contribution < 1.29 is 18.3 Å². The summed E-state index contributed by atoms with van der Waals surface area (Å²) in [6, 6.07) is 5.81. The predicted octanol–water partition coefficient (Wildman–Crippen LogP) is 4.39. The molecule has 1 aliphatic heterocycles. The lowest BCUT2D eigenvalue weighted by Gasteiger charge is -2.34. The minimum atomic E-state index is -2.59. The number of alkyl halides is 2. The summed E-state index contributed by atoms with van der Waals surface area (Å²) in [5.41, 5.74) is 2.13. The number of aromatic nitrogens is 1. The average Bonchev–Trinajstić information content (AvgIpc) is 3.29. The third-order valence-corrected chi connectivity index (χ3v) is 6.24. The summed E-state index contributed by atoms with van der Waals surface area (Å²) >= 11 is 1.34. The van der Waals surface area contributed by atoms with Crippen LogP contribution in [0.4, 0.5) is 8.78 Å². The highest BCUT2D eigenvalue weighted by atomic mass is 32.1. The first-order valence-electron chi connectivity index (χ1n) is 8.80. The van der Waals surface area contributed by atoms with Crippen molar-refractivity contribution in [3.8, 4) is 16.3 Å². The number of nitrogens with zero attached hydrogens (tertiary/aromatic N) is 2. The Kier molecular flexibility index (Phi) is 4.42. The first-order chi connectivity index (χ1) is 12.4. The summed E-state index contributed by atoms with van der Waals surface area (Å²) in [6.07, 6.45) is 2.84. The fraction of sp³-hybridized carbons (Fsp3) is 0.474. The van der Waals surface area contributed by atoms with E-state index < -0.39 is 5.92 Å². The zero-order valence-electron chi connectivity index (χ0n) is 14.5. The third-order valence-electron chi connectivity index (χ3n) is 5.21. The average molecular weight is 378 g/mol. The number of hydrogen-bond acceptors (Lipinski definition) is 4. The van der Waals surface area contributed by atoms with E-state index in [9.17, 15) is 13.6 Å². The van der Waals surface area contributed by atoms with Crippen LogP contribution in [0, 0.1) is 0 Å². The van der Waals surface area contributed by atoms with E-state index >= 15 is 0 Å². The van der Waals surface area contributed by atoms with Crippen LogP contribution in [0.2, 0.25) is 0 Å². The fourth-order valence-electron chi connectivity index (χ4n) is 3.58. The molecular formula is C19H20F2N2O2S. The molecule has 0 radical (unpaired) electrons. The van der Waals surface area contributed by atoms with Crippen LogP contribution in [0.3, 0.4) is 0 Å². The van der Waals surface area contributed by atoms with Gasteiger partial charge in [0.25, 0.3) is 5.91 Å². The van der Waals surface area contributed by atoms with Gasteiger partial charge in [0.15, 0.2) is 0 Å². The van der Waals surface area contributed by atoms with Gasteiger partial charge in [-0.05, 0) is 36.6 Å². The third kappa shape index (κ3) is 3.32. The normalized spacial score (nSPS) is 19.0. The Labute approximate surface area is 154 Å². The largest absolute Gasteiger partial charge is 0.493 e. The highest BCUT2D eigenvalue weighted by Gasteiger charge is 2.37. The summed E-state index contributed by atoms with van der Waals surface area (Å²) in [7, 11) is 1.70. The van der Waals surface area contributed by atoms with Gasteiger partial charge in [-0.1, -0.05) is 0 Å². The Hall–Kier alpha value is -2.02. The van der Waals surface area contributed by atoms with E-state index in [1.165, 1.54) is 11.3 Å².